The van der Waals surface area contributed by atoms with E-state index in [9.17, 15) is 0 Å². The first-order chi connectivity index (χ1) is 6.13. The van der Waals surface area contributed by atoms with Crippen molar-refractivity contribution in [3.05, 3.63) is 4.77 Å². The van der Waals surface area contributed by atoms with E-state index in [1.807, 2.05) is 4.57 Å². The fourth-order valence-electron chi connectivity index (χ4n) is 2.19. The van der Waals surface area contributed by atoms with Gasteiger partial charge < -0.3 is 5.73 Å². The minimum absolute atomic E-state index is 0.0914. The highest BCUT2D eigenvalue weighted by Gasteiger charge is 2.32. The molecule has 1 saturated carbocycles. The summed E-state index contributed by atoms with van der Waals surface area (Å²) in [5, 5.41) is 6.66. The van der Waals surface area contributed by atoms with Gasteiger partial charge in [-0.05, 0) is 32.0 Å². The van der Waals surface area contributed by atoms with Crippen LogP contribution in [0.15, 0.2) is 0 Å². The molecule has 0 aliphatic heterocycles. The van der Waals surface area contributed by atoms with Gasteiger partial charge in [0, 0.05) is 5.54 Å². The normalized spacial score (nSPS) is 20.7. The number of hydrogen-bond donors (Lipinski definition) is 2. The number of anilines is 1. The van der Waals surface area contributed by atoms with Crippen LogP contribution in [0, 0.1) is 4.77 Å². The number of rotatable bonds is 1. The molecular formula is C8H14N4S. The molecule has 1 aliphatic carbocycles. The highest BCUT2D eigenvalue weighted by Crippen LogP contribution is 2.37. The number of H-pyrrole nitrogens is 1. The molecule has 0 saturated heterocycles. The van der Waals surface area contributed by atoms with Gasteiger partial charge in [0.25, 0.3) is 0 Å². The van der Waals surface area contributed by atoms with Crippen molar-refractivity contribution in [1.82, 2.24) is 14.8 Å². The first-order valence-corrected chi connectivity index (χ1v) is 4.98. The second-order valence-electron chi connectivity index (χ2n) is 3.93. The zero-order valence-electron chi connectivity index (χ0n) is 7.71. The lowest BCUT2D eigenvalue weighted by atomic mass is 10.0. The van der Waals surface area contributed by atoms with Crippen molar-refractivity contribution in [2.24, 2.45) is 0 Å². The lowest BCUT2D eigenvalue weighted by molar-refractivity contribution is 0.329. The second kappa shape index (κ2) is 2.83. The Labute approximate surface area is 82.1 Å². The maximum atomic E-state index is 5.76. The lowest BCUT2D eigenvalue weighted by Crippen LogP contribution is -2.27. The molecule has 72 valence electrons. The molecule has 1 aromatic rings. The van der Waals surface area contributed by atoms with Gasteiger partial charge in [-0.1, -0.05) is 12.8 Å². The van der Waals surface area contributed by atoms with E-state index >= 15 is 0 Å². The fourth-order valence-corrected chi connectivity index (χ4v) is 2.55. The number of nitrogen functional groups attached to an aromatic ring is 1. The summed E-state index contributed by atoms with van der Waals surface area (Å²) in [6.45, 7) is 2.20. The Hall–Kier alpha value is -0.840. The van der Waals surface area contributed by atoms with Gasteiger partial charge in [0.15, 0.2) is 4.77 Å². The minimum Gasteiger partial charge on any atom is -0.368 e. The number of nitrogens with one attached hydrogen (secondary N) is 1. The summed E-state index contributed by atoms with van der Waals surface area (Å²) in [6, 6.07) is 0. The molecule has 5 heteroatoms. The largest absolute Gasteiger partial charge is 0.368 e. The summed E-state index contributed by atoms with van der Waals surface area (Å²) in [5.74, 6) is 0.509. The van der Waals surface area contributed by atoms with Gasteiger partial charge >= 0.3 is 0 Å². The first kappa shape index (κ1) is 8.74. The van der Waals surface area contributed by atoms with Crippen LogP contribution in [0.2, 0.25) is 0 Å². The van der Waals surface area contributed by atoms with Crippen molar-refractivity contribution >= 4 is 18.2 Å². The molecule has 0 spiro atoms. The first-order valence-electron chi connectivity index (χ1n) is 4.57. The molecule has 1 heterocycles. The third-order valence-electron chi connectivity index (χ3n) is 2.92. The Kier molecular flexibility index (Phi) is 1.91. The van der Waals surface area contributed by atoms with E-state index in [1.165, 1.54) is 12.8 Å². The van der Waals surface area contributed by atoms with E-state index in [1.54, 1.807) is 0 Å². The third kappa shape index (κ3) is 1.27. The molecule has 1 aromatic heterocycles. The Morgan fingerprint density at radius 2 is 2.15 bits per heavy atom. The smallest absolute Gasteiger partial charge is 0.220 e. The molecule has 2 rings (SSSR count). The van der Waals surface area contributed by atoms with E-state index in [4.69, 9.17) is 18.0 Å². The molecule has 0 bridgehead atoms. The lowest BCUT2D eigenvalue weighted by Gasteiger charge is -2.25. The Balaban J connectivity index is 2.49. The monoisotopic (exact) mass is 198 g/mol. The summed E-state index contributed by atoms with van der Waals surface area (Å²) in [6.07, 6.45) is 4.79. The third-order valence-corrected chi connectivity index (χ3v) is 3.19. The van der Waals surface area contributed by atoms with Gasteiger partial charge in [-0.15, -0.1) is 5.10 Å². The zero-order valence-corrected chi connectivity index (χ0v) is 8.52. The number of nitrogens with two attached hydrogens (primary N) is 1. The zero-order chi connectivity index (χ0) is 9.47. The van der Waals surface area contributed by atoms with Crippen LogP contribution in [0.5, 0.6) is 0 Å². The van der Waals surface area contributed by atoms with Crippen LogP contribution in [-0.2, 0) is 5.54 Å². The average molecular weight is 198 g/mol. The summed E-state index contributed by atoms with van der Waals surface area (Å²) < 4.78 is 2.59. The molecule has 0 aromatic carbocycles. The average Bonchev–Trinajstić information content (AvgIpc) is 2.60. The molecule has 4 nitrogen and oxygen atoms in total. The van der Waals surface area contributed by atoms with Crippen LogP contribution in [0.25, 0.3) is 0 Å². The summed E-state index contributed by atoms with van der Waals surface area (Å²) >= 11 is 5.15. The molecule has 0 amide bonds. The number of hydrogen-bond acceptors (Lipinski definition) is 3. The van der Waals surface area contributed by atoms with Crippen LogP contribution >= 0.6 is 12.2 Å². The molecule has 3 N–H and O–H groups in total. The van der Waals surface area contributed by atoms with Gasteiger partial charge in [-0.2, -0.15) is 0 Å². The van der Waals surface area contributed by atoms with Crippen molar-refractivity contribution < 1.29 is 0 Å². The molecule has 0 radical (unpaired) electrons. The SMILES string of the molecule is CC1(n2c(N)n[nH]c2=S)CCCC1. The number of aromatic amines is 1. The maximum Gasteiger partial charge on any atom is 0.220 e. The van der Waals surface area contributed by atoms with E-state index in [0.717, 1.165) is 12.8 Å². The van der Waals surface area contributed by atoms with Gasteiger partial charge in [0.2, 0.25) is 5.95 Å². The number of nitrogens with zero attached hydrogens (tertiary/aromatic N) is 2. The van der Waals surface area contributed by atoms with Crippen molar-refractivity contribution in [1.29, 1.82) is 0 Å². The van der Waals surface area contributed by atoms with Crippen molar-refractivity contribution in [3.63, 3.8) is 0 Å². The van der Waals surface area contributed by atoms with Crippen molar-refractivity contribution in [3.8, 4) is 0 Å². The molecule has 0 atom stereocenters. The molecule has 1 fully saturated rings. The minimum atomic E-state index is 0.0914. The van der Waals surface area contributed by atoms with Crippen LogP contribution in [0.3, 0.4) is 0 Å². The summed E-state index contributed by atoms with van der Waals surface area (Å²) in [5.41, 5.74) is 5.85. The van der Waals surface area contributed by atoms with E-state index in [2.05, 4.69) is 17.1 Å². The summed E-state index contributed by atoms with van der Waals surface area (Å²) in [7, 11) is 0. The second-order valence-corrected chi connectivity index (χ2v) is 4.31. The van der Waals surface area contributed by atoms with Gasteiger partial charge in [-0.3, -0.25) is 4.57 Å². The van der Waals surface area contributed by atoms with E-state index in [-0.39, 0.29) is 5.54 Å². The Bertz CT molecular complexity index is 358. The topological polar surface area (TPSA) is 59.6 Å². The summed E-state index contributed by atoms with van der Waals surface area (Å²) in [4.78, 5) is 0. The van der Waals surface area contributed by atoms with Crippen molar-refractivity contribution in [2.75, 3.05) is 5.73 Å². The molecule has 13 heavy (non-hydrogen) atoms. The van der Waals surface area contributed by atoms with Crippen LogP contribution in [0.4, 0.5) is 5.95 Å². The standard InChI is InChI=1S/C8H14N4S/c1-8(4-2-3-5-8)12-6(9)10-11-7(12)13/h2-5H2,1H3,(H2,9,10)(H,11,13). The molecule has 0 unspecified atom stereocenters. The quantitative estimate of drug-likeness (QED) is 0.677. The molecule has 1 aliphatic rings. The van der Waals surface area contributed by atoms with Crippen LogP contribution < -0.4 is 5.73 Å². The van der Waals surface area contributed by atoms with E-state index < -0.39 is 0 Å². The maximum absolute atomic E-state index is 5.76. The Morgan fingerprint density at radius 3 is 2.62 bits per heavy atom. The van der Waals surface area contributed by atoms with Gasteiger partial charge in [0.05, 0.1) is 0 Å². The van der Waals surface area contributed by atoms with Gasteiger partial charge in [0.1, 0.15) is 0 Å². The fraction of sp³-hybridized carbons (Fsp3) is 0.750. The van der Waals surface area contributed by atoms with Crippen molar-refractivity contribution in [2.45, 2.75) is 38.1 Å². The highest BCUT2D eigenvalue weighted by atomic mass is 32.1. The van der Waals surface area contributed by atoms with Crippen LogP contribution in [0.1, 0.15) is 32.6 Å². The Morgan fingerprint density at radius 1 is 1.54 bits per heavy atom. The number of aromatic nitrogens is 3. The van der Waals surface area contributed by atoms with Crippen LogP contribution in [-0.4, -0.2) is 14.8 Å². The van der Waals surface area contributed by atoms with E-state index in [0.29, 0.717) is 10.7 Å². The highest BCUT2D eigenvalue weighted by molar-refractivity contribution is 7.71. The molecular weight excluding hydrogens is 184 g/mol. The van der Waals surface area contributed by atoms with Gasteiger partial charge in [-0.25, -0.2) is 5.10 Å². The predicted molar refractivity (Wildman–Crippen MR) is 53.9 cm³/mol. The predicted octanol–water partition coefficient (Wildman–Crippen LogP) is 1.81.